The summed E-state index contributed by atoms with van der Waals surface area (Å²) in [5.74, 6) is 1.15. The molecule has 0 aliphatic rings. The quantitative estimate of drug-likeness (QED) is 0.643. The van der Waals surface area contributed by atoms with E-state index in [1.807, 2.05) is 23.6 Å². The van der Waals surface area contributed by atoms with E-state index >= 15 is 0 Å². The molecular formula is C16H22ClN3O4S. The van der Waals surface area contributed by atoms with Gasteiger partial charge in [-0.3, -0.25) is 4.79 Å². The Kier molecular flexibility index (Phi) is 9.22. The molecular weight excluding hydrogens is 366 g/mol. The summed E-state index contributed by atoms with van der Waals surface area (Å²) in [6.07, 6.45) is 0. The molecule has 0 saturated carbocycles. The number of nitrogens with one attached hydrogen (secondary N) is 2. The first-order chi connectivity index (χ1) is 11.7. The molecule has 2 N–H and O–H groups in total. The molecule has 0 saturated heterocycles. The molecule has 1 amide bonds. The van der Waals surface area contributed by atoms with Gasteiger partial charge in [-0.05, 0) is 18.2 Å². The molecule has 0 unspecified atom stereocenters. The van der Waals surface area contributed by atoms with E-state index in [9.17, 15) is 4.79 Å². The highest BCUT2D eigenvalue weighted by molar-refractivity contribution is 7.14. The van der Waals surface area contributed by atoms with Crippen LogP contribution in [-0.2, 0) is 9.53 Å². The van der Waals surface area contributed by atoms with Crippen molar-refractivity contribution < 1.29 is 19.0 Å². The lowest BCUT2D eigenvalue weighted by atomic mass is 10.1. The van der Waals surface area contributed by atoms with Gasteiger partial charge in [0.1, 0.15) is 0 Å². The number of rotatable bonds is 9. The molecule has 138 valence electrons. The number of aromatic nitrogens is 1. The predicted molar refractivity (Wildman–Crippen MR) is 101 cm³/mol. The molecule has 0 fully saturated rings. The Balaban J connectivity index is 0.00000312. The van der Waals surface area contributed by atoms with Crippen molar-refractivity contribution in [2.24, 2.45) is 0 Å². The largest absolute Gasteiger partial charge is 0.493 e. The summed E-state index contributed by atoms with van der Waals surface area (Å²) in [4.78, 5) is 16.3. The van der Waals surface area contributed by atoms with E-state index in [1.165, 1.54) is 11.3 Å². The van der Waals surface area contributed by atoms with Crippen molar-refractivity contribution in [1.29, 1.82) is 0 Å². The number of halogens is 1. The first-order valence-electron chi connectivity index (χ1n) is 7.35. The van der Waals surface area contributed by atoms with E-state index in [0.29, 0.717) is 29.8 Å². The monoisotopic (exact) mass is 387 g/mol. The number of amides is 1. The number of benzene rings is 1. The smallest absolute Gasteiger partial charge is 0.240 e. The number of hydrogen-bond donors (Lipinski definition) is 2. The van der Waals surface area contributed by atoms with Crippen molar-refractivity contribution in [2.45, 2.75) is 0 Å². The normalized spacial score (nSPS) is 10.0. The van der Waals surface area contributed by atoms with E-state index < -0.39 is 0 Å². The second kappa shape index (κ2) is 10.9. The van der Waals surface area contributed by atoms with Crippen LogP contribution in [0.15, 0.2) is 23.6 Å². The highest BCUT2D eigenvalue weighted by atomic mass is 35.5. The minimum atomic E-state index is -0.140. The number of ether oxygens (including phenoxy) is 3. The highest BCUT2D eigenvalue weighted by Crippen LogP contribution is 2.33. The number of anilines is 1. The maximum atomic E-state index is 11.8. The molecule has 0 aliphatic heterocycles. The van der Waals surface area contributed by atoms with Gasteiger partial charge in [0.25, 0.3) is 0 Å². The number of carbonyl (C=O) groups excluding carboxylic acids is 1. The van der Waals surface area contributed by atoms with Crippen molar-refractivity contribution in [1.82, 2.24) is 10.3 Å². The van der Waals surface area contributed by atoms with Crippen LogP contribution in [0.5, 0.6) is 11.5 Å². The van der Waals surface area contributed by atoms with E-state index in [2.05, 4.69) is 15.6 Å². The van der Waals surface area contributed by atoms with Crippen molar-refractivity contribution >= 4 is 34.8 Å². The zero-order chi connectivity index (χ0) is 17.4. The Bertz CT molecular complexity index is 681. The highest BCUT2D eigenvalue weighted by Gasteiger charge is 2.10. The van der Waals surface area contributed by atoms with Gasteiger partial charge in [0.15, 0.2) is 16.6 Å². The minimum absolute atomic E-state index is 0. The van der Waals surface area contributed by atoms with E-state index in [1.54, 1.807) is 21.3 Å². The summed E-state index contributed by atoms with van der Waals surface area (Å²) >= 11 is 1.37. The summed E-state index contributed by atoms with van der Waals surface area (Å²) in [7, 11) is 4.80. The van der Waals surface area contributed by atoms with Crippen molar-refractivity contribution in [3.05, 3.63) is 23.6 Å². The maximum absolute atomic E-state index is 11.8. The Labute approximate surface area is 157 Å². The molecule has 2 aromatic rings. The number of carbonyl (C=O) groups is 1. The Morgan fingerprint density at radius 3 is 2.64 bits per heavy atom. The average molecular weight is 388 g/mol. The third kappa shape index (κ3) is 6.17. The number of methoxy groups -OCH3 is 3. The lowest BCUT2D eigenvalue weighted by molar-refractivity contribution is -0.115. The molecule has 1 heterocycles. The van der Waals surface area contributed by atoms with E-state index in [4.69, 9.17) is 14.2 Å². The summed E-state index contributed by atoms with van der Waals surface area (Å²) < 4.78 is 15.4. The van der Waals surface area contributed by atoms with Gasteiger partial charge in [-0.2, -0.15) is 0 Å². The van der Waals surface area contributed by atoms with Crippen molar-refractivity contribution in [2.75, 3.05) is 46.3 Å². The van der Waals surface area contributed by atoms with Crippen LogP contribution >= 0.6 is 23.7 Å². The van der Waals surface area contributed by atoms with Crippen molar-refractivity contribution in [3.8, 4) is 22.8 Å². The second-order valence-electron chi connectivity index (χ2n) is 4.83. The predicted octanol–water partition coefficient (Wildman–Crippen LogP) is 2.42. The molecule has 1 aromatic heterocycles. The third-order valence-corrected chi connectivity index (χ3v) is 3.96. The van der Waals surface area contributed by atoms with Crippen LogP contribution in [0.2, 0.25) is 0 Å². The van der Waals surface area contributed by atoms with Crippen LogP contribution in [0, 0.1) is 0 Å². The molecule has 25 heavy (non-hydrogen) atoms. The maximum Gasteiger partial charge on any atom is 0.240 e. The fourth-order valence-corrected chi connectivity index (χ4v) is 2.73. The van der Waals surface area contributed by atoms with Crippen LogP contribution in [0.4, 0.5) is 5.13 Å². The molecule has 0 bridgehead atoms. The van der Waals surface area contributed by atoms with Crippen LogP contribution < -0.4 is 20.1 Å². The van der Waals surface area contributed by atoms with Gasteiger partial charge in [0.2, 0.25) is 5.91 Å². The zero-order valence-corrected chi connectivity index (χ0v) is 16.0. The van der Waals surface area contributed by atoms with Crippen LogP contribution in [0.25, 0.3) is 11.3 Å². The third-order valence-electron chi connectivity index (χ3n) is 3.20. The van der Waals surface area contributed by atoms with Gasteiger partial charge in [0, 0.05) is 24.6 Å². The fourth-order valence-electron chi connectivity index (χ4n) is 2.00. The summed E-state index contributed by atoms with van der Waals surface area (Å²) in [5, 5.41) is 8.19. The topological polar surface area (TPSA) is 81.7 Å². The molecule has 0 spiro atoms. The van der Waals surface area contributed by atoms with Gasteiger partial charge in [-0.1, -0.05) is 0 Å². The number of thiazole rings is 1. The molecule has 9 heteroatoms. The first kappa shape index (κ1) is 21.2. The SMILES string of the molecule is COCCNCC(=O)Nc1nc(-c2ccc(OC)c(OC)c2)cs1.Cl. The Hall–Kier alpha value is -1.87. The van der Waals surface area contributed by atoms with Gasteiger partial charge in [-0.25, -0.2) is 4.98 Å². The molecule has 1 aromatic carbocycles. The summed E-state index contributed by atoms with van der Waals surface area (Å²) in [5.41, 5.74) is 1.66. The van der Waals surface area contributed by atoms with Gasteiger partial charge < -0.3 is 24.8 Å². The number of nitrogens with zero attached hydrogens (tertiary/aromatic N) is 1. The zero-order valence-electron chi connectivity index (χ0n) is 14.3. The Morgan fingerprint density at radius 1 is 1.20 bits per heavy atom. The molecule has 0 radical (unpaired) electrons. The molecule has 2 rings (SSSR count). The lowest BCUT2D eigenvalue weighted by Gasteiger charge is -2.08. The second-order valence-corrected chi connectivity index (χ2v) is 5.68. The summed E-state index contributed by atoms with van der Waals surface area (Å²) in [6, 6.07) is 5.57. The summed E-state index contributed by atoms with van der Waals surface area (Å²) in [6.45, 7) is 1.40. The first-order valence-corrected chi connectivity index (χ1v) is 8.23. The standard InChI is InChI=1S/C16H21N3O4S.ClH/c1-21-7-6-17-9-15(20)19-16-18-12(10-24-16)11-4-5-13(22-2)14(8-11)23-3;/h4-5,8,10,17H,6-7,9H2,1-3H3,(H,18,19,20);1H. The lowest BCUT2D eigenvalue weighted by Crippen LogP contribution is -2.30. The van der Waals surface area contributed by atoms with Gasteiger partial charge in [-0.15, -0.1) is 23.7 Å². The minimum Gasteiger partial charge on any atom is -0.493 e. The Morgan fingerprint density at radius 2 is 1.96 bits per heavy atom. The fraction of sp³-hybridized carbons (Fsp3) is 0.375. The van der Waals surface area contributed by atoms with Crippen LogP contribution in [-0.4, -0.2) is 51.9 Å². The average Bonchev–Trinajstić information content (AvgIpc) is 3.06. The molecule has 7 nitrogen and oxygen atoms in total. The van der Waals surface area contributed by atoms with Gasteiger partial charge >= 0.3 is 0 Å². The molecule has 0 atom stereocenters. The molecule has 0 aliphatic carbocycles. The van der Waals surface area contributed by atoms with E-state index in [-0.39, 0.29) is 24.9 Å². The van der Waals surface area contributed by atoms with Crippen LogP contribution in [0.1, 0.15) is 0 Å². The van der Waals surface area contributed by atoms with Crippen molar-refractivity contribution in [3.63, 3.8) is 0 Å². The van der Waals surface area contributed by atoms with Crippen LogP contribution in [0.3, 0.4) is 0 Å². The number of hydrogen-bond acceptors (Lipinski definition) is 7. The van der Waals surface area contributed by atoms with Gasteiger partial charge in [0.05, 0.1) is 33.1 Å². The van der Waals surface area contributed by atoms with E-state index in [0.717, 1.165) is 11.3 Å².